The summed E-state index contributed by atoms with van der Waals surface area (Å²) in [5, 5.41) is 0. The fourth-order valence-corrected chi connectivity index (χ4v) is 1.88. The van der Waals surface area contributed by atoms with E-state index < -0.39 is 11.8 Å². The minimum atomic E-state index is -0.860. The SMILES string of the molecule is CCOC(=O)C(=O)c1cc(OC)c(OC)cc1C(C)C. The van der Waals surface area contributed by atoms with Crippen LogP contribution in [-0.2, 0) is 9.53 Å². The van der Waals surface area contributed by atoms with Crippen LogP contribution in [0.2, 0.25) is 0 Å². The van der Waals surface area contributed by atoms with Gasteiger partial charge in [0.25, 0.3) is 5.78 Å². The highest BCUT2D eigenvalue weighted by atomic mass is 16.5. The lowest BCUT2D eigenvalue weighted by Crippen LogP contribution is -2.19. The predicted molar refractivity (Wildman–Crippen MR) is 74.6 cm³/mol. The van der Waals surface area contributed by atoms with E-state index in [2.05, 4.69) is 0 Å². The molecular formula is C15H20O5. The molecule has 0 saturated heterocycles. The van der Waals surface area contributed by atoms with E-state index in [1.54, 1.807) is 13.0 Å². The maximum atomic E-state index is 12.2. The molecule has 0 unspecified atom stereocenters. The van der Waals surface area contributed by atoms with Crippen molar-refractivity contribution in [2.24, 2.45) is 0 Å². The largest absolute Gasteiger partial charge is 0.493 e. The summed E-state index contributed by atoms with van der Waals surface area (Å²) in [5.74, 6) is -0.539. The van der Waals surface area contributed by atoms with Gasteiger partial charge in [0, 0.05) is 5.56 Å². The number of methoxy groups -OCH3 is 2. The van der Waals surface area contributed by atoms with Crippen molar-refractivity contribution in [2.75, 3.05) is 20.8 Å². The fraction of sp³-hybridized carbons (Fsp3) is 0.467. The van der Waals surface area contributed by atoms with E-state index in [9.17, 15) is 9.59 Å². The van der Waals surface area contributed by atoms with Gasteiger partial charge in [-0.1, -0.05) is 13.8 Å². The van der Waals surface area contributed by atoms with E-state index in [0.29, 0.717) is 11.5 Å². The Hall–Kier alpha value is -2.04. The van der Waals surface area contributed by atoms with Crippen molar-refractivity contribution in [3.63, 3.8) is 0 Å². The first-order chi connectivity index (χ1) is 9.46. The smallest absolute Gasteiger partial charge is 0.379 e. The molecule has 0 aliphatic rings. The lowest BCUT2D eigenvalue weighted by atomic mass is 9.94. The molecule has 0 aliphatic carbocycles. The predicted octanol–water partition coefficient (Wildman–Crippen LogP) is 2.57. The van der Waals surface area contributed by atoms with Gasteiger partial charge in [-0.2, -0.15) is 0 Å². The number of carbonyl (C=O) groups excluding carboxylic acids is 2. The fourth-order valence-electron chi connectivity index (χ4n) is 1.88. The summed E-state index contributed by atoms with van der Waals surface area (Å²) >= 11 is 0. The Labute approximate surface area is 118 Å². The molecule has 20 heavy (non-hydrogen) atoms. The van der Waals surface area contributed by atoms with Gasteiger partial charge in [0.2, 0.25) is 0 Å². The van der Waals surface area contributed by atoms with E-state index in [-0.39, 0.29) is 18.1 Å². The van der Waals surface area contributed by atoms with Gasteiger partial charge in [0.05, 0.1) is 20.8 Å². The van der Waals surface area contributed by atoms with Crippen molar-refractivity contribution < 1.29 is 23.8 Å². The lowest BCUT2D eigenvalue weighted by Gasteiger charge is -2.16. The molecule has 1 rings (SSSR count). The van der Waals surface area contributed by atoms with Crippen LogP contribution in [0.4, 0.5) is 0 Å². The molecule has 5 heteroatoms. The molecule has 0 heterocycles. The quantitative estimate of drug-likeness (QED) is 0.455. The third kappa shape index (κ3) is 3.29. The van der Waals surface area contributed by atoms with Gasteiger partial charge in [-0.15, -0.1) is 0 Å². The van der Waals surface area contributed by atoms with Gasteiger partial charge < -0.3 is 14.2 Å². The van der Waals surface area contributed by atoms with Crippen molar-refractivity contribution in [3.8, 4) is 11.5 Å². The van der Waals surface area contributed by atoms with Crippen molar-refractivity contribution in [1.82, 2.24) is 0 Å². The number of carbonyl (C=O) groups is 2. The maximum Gasteiger partial charge on any atom is 0.379 e. The molecule has 0 spiro atoms. The van der Waals surface area contributed by atoms with Crippen LogP contribution in [-0.4, -0.2) is 32.6 Å². The molecule has 0 aliphatic heterocycles. The topological polar surface area (TPSA) is 61.8 Å². The zero-order chi connectivity index (χ0) is 15.3. The molecule has 0 fully saturated rings. The Balaban J connectivity index is 3.36. The second-order valence-electron chi connectivity index (χ2n) is 4.50. The first-order valence-corrected chi connectivity index (χ1v) is 6.43. The summed E-state index contributed by atoms with van der Waals surface area (Å²) < 4.78 is 15.2. The molecule has 0 atom stereocenters. The van der Waals surface area contributed by atoms with Gasteiger partial charge in [0.1, 0.15) is 0 Å². The van der Waals surface area contributed by atoms with Crippen LogP contribution in [0.5, 0.6) is 11.5 Å². The summed E-state index contributed by atoms with van der Waals surface area (Å²) in [4.78, 5) is 23.8. The van der Waals surface area contributed by atoms with Gasteiger partial charge in [-0.05, 0) is 30.5 Å². The normalized spacial score (nSPS) is 10.3. The van der Waals surface area contributed by atoms with Crippen LogP contribution in [0.1, 0.15) is 42.6 Å². The van der Waals surface area contributed by atoms with Crippen LogP contribution in [0.15, 0.2) is 12.1 Å². The van der Waals surface area contributed by atoms with Gasteiger partial charge in [0.15, 0.2) is 11.5 Å². The second-order valence-corrected chi connectivity index (χ2v) is 4.50. The van der Waals surface area contributed by atoms with Gasteiger partial charge in [-0.3, -0.25) is 4.79 Å². The Bertz CT molecular complexity index is 505. The van der Waals surface area contributed by atoms with E-state index >= 15 is 0 Å². The average Bonchev–Trinajstić information content (AvgIpc) is 2.44. The second kappa shape index (κ2) is 6.93. The van der Waals surface area contributed by atoms with Crippen molar-refractivity contribution in [3.05, 3.63) is 23.3 Å². The van der Waals surface area contributed by atoms with E-state index in [0.717, 1.165) is 5.56 Å². The number of ketones is 1. The van der Waals surface area contributed by atoms with Crippen molar-refractivity contribution in [1.29, 1.82) is 0 Å². The molecule has 0 N–H and O–H groups in total. The summed E-state index contributed by atoms with van der Waals surface area (Å²) in [7, 11) is 3.00. The molecule has 0 aromatic heterocycles. The Morgan fingerprint density at radius 3 is 2.10 bits per heavy atom. The first kappa shape index (κ1) is 16.0. The Kier molecular flexibility index (Phi) is 5.55. The molecule has 0 bridgehead atoms. The van der Waals surface area contributed by atoms with Crippen LogP contribution < -0.4 is 9.47 Å². The molecule has 0 saturated carbocycles. The molecule has 110 valence electrons. The van der Waals surface area contributed by atoms with Crippen LogP contribution in [0.25, 0.3) is 0 Å². The molecule has 1 aromatic carbocycles. The summed E-state index contributed by atoms with van der Waals surface area (Å²) in [6, 6.07) is 3.24. The number of ether oxygens (including phenoxy) is 3. The number of esters is 1. The molecule has 0 amide bonds. The minimum absolute atomic E-state index is 0.0585. The minimum Gasteiger partial charge on any atom is -0.493 e. The first-order valence-electron chi connectivity index (χ1n) is 6.43. The van der Waals surface area contributed by atoms with Gasteiger partial charge in [-0.25, -0.2) is 4.79 Å². The lowest BCUT2D eigenvalue weighted by molar-refractivity contribution is -0.137. The van der Waals surface area contributed by atoms with E-state index in [4.69, 9.17) is 14.2 Å². The maximum absolute atomic E-state index is 12.2. The third-order valence-electron chi connectivity index (χ3n) is 2.88. The zero-order valence-corrected chi connectivity index (χ0v) is 12.5. The molecule has 5 nitrogen and oxygen atoms in total. The van der Waals surface area contributed by atoms with E-state index in [1.165, 1.54) is 20.3 Å². The number of hydrogen-bond acceptors (Lipinski definition) is 5. The summed E-state index contributed by atoms with van der Waals surface area (Å²) in [5.41, 5.74) is 1.01. The highest BCUT2D eigenvalue weighted by Gasteiger charge is 2.24. The average molecular weight is 280 g/mol. The molecular weight excluding hydrogens is 260 g/mol. The van der Waals surface area contributed by atoms with Crippen LogP contribution in [0, 0.1) is 0 Å². The highest BCUT2D eigenvalue weighted by Crippen LogP contribution is 2.34. The number of hydrogen-bond donors (Lipinski definition) is 0. The Morgan fingerprint density at radius 1 is 1.10 bits per heavy atom. The highest BCUT2D eigenvalue weighted by molar-refractivity contribution is 6.41. The van der Waals surface area contributed by atoms with Crippen LogP contribution >= 0.6 is 0 Å². The standard InChI is InChI=1S/C15H20O5/c1-6-20-15(17)14(16)11-8-13(19-5)12(18-4)7-10(11)9(2)3/h7-9H,6H2,1-5H3. The monoisotopic (exact) mass is 280 g/mol. The third-order valence-corrected chi connectivity index (χ3v) is 2.88. The zero-order valence-electron chi connectivity index (χ0n) is 12.5. The summed E-state index contributed by atoms with van der Waals surface area (Å²) in [6.45, 7) is 5.68. The summed E-state index contributed by atoms with van der Waals surface area (Å²) in [6.07, 6.45) is 0. The number of benzene rings is 1. The molecule has 0 radical (unpaired) electrons. The number of Topliss-reactive ketones (excluding diaryl/α,β-unsaturated/α-hetero) is 1. The molecule has 1 aromatic rings. The van der Waals surface area contributed by atoms with Crippen molar-refractivity contribution in [2.45, 2.75) is 26.7 Å². The number of rotatable bonds is 6. The Morgan fingerprint density at radius 2 is 1.65 bits per heavy atom. The van der Waals surface area contributed by atoms with E-state index in [1.807, 2.05) is 13.8 Å². The van der Waals surface area contributed by atoms with Gasteiger partial charge >= 0.3 is 5.97 Å². The van der Waals surface area contributed by atoms with Crippen LogP contribution in [0.3, 0.4) is 0 Å². The van der Waals surface area contributed by atoms with Crippen molar-refractivity contribution >= 4 is 11.8 Å².